The molecule has 10 heteroatoms. The fraction of sp³-hybridized carbons (Fsp3) is 0.250. The molecule has 0 radical (unpaired) electrons. The Morgan fingerprint density at radius 2 is 1.67 bits per heavy atom. The van der Waals surface area contributed by atoms with Crippen molar-refractivity contribution in [1.29, 1.82) is 0 Å². The molecule has 0 saturated carbocycles. The molecular weight excluding hydrogens is 405 g/mol. The van der Waals surface area contributed by atoms with Gasteiger partial charge in [-0.2, -0.15) is 13.2 Å². The van der Waals surface area contributed by atoms with Gasteiger partial charge in [0.1, 0.15) is 12.3 Å². The Kier molecular flexibility index (Phi) is 7.79. The quantitative estimate of drug-likeness (QED) is 0.636. The normalized spacial score (nSPS) is 10.8. The van der Waals surface area contributed by atoms with Crippen LogP contribution in [0.25, 0.3) is 0 Å². The van der Waals surface area contributed by atoms with Crippen LogP contribution in [-0.2, 0) is 20.5 Å². The minimum atomic E-state index is -4.65. The molecule has 0 spiro atoms. The van der Waals surface area contributed by atoms with Crippen LogP contribution in [0.15, 0.2) is 48.5 Å². The summed E-state index contributed by atoms with van der Waals surface area (Å²) in [4.78, 5) is 35.5. The third-order valence-corrected chi connectivity index (χ3v) is 3.69. The van der Waals surface area contributed by atoms with Gasteiger partial charge in [-0.1, -0.05) is 12.1 Å². The number of halogens is 3. The van der Waals surface area contributed by atoms with Crippen molar-refractivity contribution in [3.8, 4) is 5.75 Å². The molecule has 0 aliphatic rings. The zero-order valence-electron chi connectivity index (χ0n) is 15.9. The van der Waals surface area contributed by atoms with E-state index >= 15 is 0 Å². The van der Waals surface area contributed by atoms with E-state index in [1.54, 1.807) is 12.1 Å². The number of alkyl halides is 3. The first kappa shape index (κ1) is 22.7. The maximum atomic E-state index is 12.9. The molecule has 0 fully saturated rings. The standard InChI is InChI=1S/C20H19F3N2O5/c1-2-29-14-9-7-13(8-10-14)19(28)24-11-18(27)30-12-17(26)25-16-6-4-3-5-15(16)20(21,22)23/h3-10H,2,11-12H2,1H3,(H,24,28)(H,25,26). The number of hydrogen-bond donors (Lipinski definition) is 2. The molecule has 0 aliphatic heterocycles. The van der Waals surface area contributed by atoms with E-state index in [-0.39, 0.29) is 5.56 Å². The molecule has 7 nitrogen and oxygen atoms in total. The molecule has 2 aromatic rings. The highest BCUT2D eigenvalue weighted by molar-refractivity contribution is 5.96. The summed E-state index contributed by atoms with van der Waals surface area (Å²) in [6.45, 7) is 0.983. The number of amides is 2. The third kappa shape index (κ3) is 6.80. The Bertz CT molecular complexity index is 898. The molecule has 2 amide bonds. The average Bonchev–Trinajstić information content (AvgIpc) is 2.71. The molecule has 2 aromatic carbocycles. The van der Waals surface area contributed by atoms with Crippen LogP contribution in [-0.4, -0.2) is 37.5 Å². The summed E-state index contributed by atoms with van der Waals surface area (Å²) in [5.74, 6) is -1.82. The number of rotatable bonds is 8. The molecule has 0 heterocycles. The first-order valence-electron chi connectivity index (χ1n) is 8.83. The van der Waals surface area contributed by atoms with Crippen molar-refractivity contribution in [2.45, 2.75) is 13.1 Å². The topological polar surface area (TPSA) is 93.7 Å². The van der Waals surface area contributed by atoms with Crippen LogP contribution in [0.4, 0.5) is 18.9 Å². The fourth-order valence-electron chi connectivity index (χ4n) is 2.35. The summed E-state index contributed by atoms with van der Waals surface area (Å²) in [6, 6.07) is 10.6. The number of benzene rings is 2. The summed E-state index contributed by atoms with van der Waals surface area (Å²) in [5.41, 5.74) is -1.19. The number of para-hydroxylation sites is 1. The summed E-state index contributed by atoms with van der Waals surface area (Å²) in [6.07, 6.45) is -4.65. The predicted molar refractivity (Wildman–Crippen MR) is 101 cm³/mol. The van der Waals surface area contributed by atoms with Crippen LogP contribution < -0.4 is 15.4 Å². The average molecular weight is 424 g/mol. The SMILES string of the molecule is CCOc1ccc(C(=O)NCC(=O)OCC(=O)Nc2ccccc2C(F)(F)F)cc1. The van der Waals surface area contributed by atoms with Crippen LogP contribution in [0, 0.1) is 0 Å². The summed E-state index contributed by atoms with van der Waals surface area (Å²) in [5, 5.41) is 4.36. The number of hydrogen-bond acceptors (Lipinski definition) is 5. The van der Waals surface area contributed by atoms with Gasteiger partial charge < -0.3 is 20.1 Å². The minimum absolute atomic E-state index is 0.285. The Labute approximate surface area is 170 Å². The molecule has 0 bridgehead atoms. The second-order valence-electron chi connectivity index (χ2n) is 5.89. The first-order chi connectivity index (χ1) is 14.2. The van der Waals surface area contributed by atoms with Crippen LogP contribution in [0.5, 0.6) is 5.75 Å². The first-order valence-corrected chi connectivity index (χ1v) is 8.83. The highest BCUT2D eigenvalue weighted by Gasteiger charge is 2.33. The van der Waals surface area contributed by atoms with Crippen molar-refractivity contribution in [3.05, 3.63) is 59.7 Å². The van der Waals surface area contributed by atoms with Gasteiger partial charge in [0.15, 0.2) is 6.61 Å². The number of esters is 1. The van der Waals surface area contributed by atoms with Crippen molar-refractivity contribution < 1.29 is 37.0 Å². The Morgan fingerprint density at radius 1 is 1.00 bits per heavy atom. The third-order valence-electron chi connectivity index (χ3n) is 3.69. The summed E-state index contributed by atoms with van der Waals surface area (Å²) >= 11 is 0. The van der Waals surface area contributed by atoms with Gasteiger partial charge >= 0.3 is 12.1 Å². The number of ether oxygens (including phenoxy) is 2. The molecule has 2 N–H and O–H groups in total. The molecule has 0 unspecified atom stereocenters. The monoisotopic (exact) mass is 424 g/mol. The number of carbonyl (C=O) groups is 3. The molecule has 0 saturated heterocycles. The molecular formula is C20H19F3N2O5. The Hall–Kier alpha value is -3.56. The Morgan fingerprint density at radius 3 is 2.30 bits per heavy atom. The molecule has 0 aliphatic carbocycles. The molecule has 0 aromatic heterocycles. The fourth-order valence-corrected chi connectivity index (χ4v) is 2.35. The lowest BCUT2D eigenvalue weighted by molar-refractivity contribution is -0.146. The van der Waals surface area contributed by atoms with Crippen molar-refractivity contribution >= 4 is 23.5 Å². The smallest absolute Gasteiger partial charge is 0.418 e. The van der Waals surface area contributed by atoms with E-state index in [2.05, 4.69) is 10.1 Å². The van der Waals surface area contributed by atoms with Gasteiger partial charge in [-0.3, -0.25) is 14.4 Å². The van der Waals surface area contributed by atoms with Crippen LogP contribution in [0.3, 0.4) is 0 Å². The number of carbonyl (C=O) groups excluding carboxylic acids is 3. The zero-order chi connectivity index (χ0) is 22.1. The van der Waals surface area contributed by atoms with Gasteiger partial charge in [-0.25, -0.2) is 0 Å². The van der Waals surface area contributed by atoms with Gasteiger partial charge in [0, 0.05) is 5.56 Å². The minimum Gasteiger partial charge on any atom is -0.494 e. The highest BCUT2D eigenvalue weighted by Crippen LogP contribution is 2.34. The second kappa shape index (κ2) is 10.3. The zero-order valence-corrected chi connectivity index (χ0v) is 15.9. The van der Waals surface area contributed by atoms with Crippen LogP contribution in [0.2, 0.25) is 0 Å². The predicted octanol–water partition coefficient (Wildman–Crippen LogP) is 3.02. The van der Waals surface area contributed by atoms with E-state index in [0.717, 1.165) is 12.1 Å². The van der Waals surface area contributed by atoms with E-state index in [1.165, 1.54) is 24.3 Å². The maximum Gasteiger partial charge on any atom is 0.418 e. The van der Waals surface area contributed by atoms with Crippen LogP contribution in [0.1, 0.15) is 22.8 Å². The van der Waals surface area contributed by atoms with Gasteiger partial charge in [-0.15, -0.1) is 0 Å². The van der Waals surface area contributed by atoms with Gasteiger partial charge in [-0.05, 0) is 43.3 Å². The largest absolute Gasteiger partial charge is 0.494 e. The van der Waals surface area contributed by atoms with E-state index in [1.807, 2.05) is 12.2 Å². The number of anilines is 1. The van der Waals surface area contributed by atoms with E-state index < -0.39 is 48.4 Å². The summed E-state index contributed by atoms with van der Waals surface area (Å²) in [7, 11) is 0. The van der Waals surface area contributed by atoms with Gasteiger partial charge in [0.25, 0.3) is 11.8 Å². The van der Waals surface area contributed by atoms with Crippen molar-refractivity contribution in [3.63, 3.8) is 0 Å². The van der Waals surface area contributed by atoms with E-state index in [9.17, 15) is 27.6 Å². The maximum absolute atomic E-state index is 12.9. The van der Waals surface area contributed by atoms with E-state index in [0.29, 0.717) is 12.4 Å². The van der Waals surface area contributed by atoms with E-state index in [4.69, 9.17) is 4.74 Å². The molecule has 30 heavy (non-hydrogen) atoms. The summed E-state index contributed by atoms with van der Waals surface area (Å²) < 4.78 is 48.6. The Balaban J connectivity index is 1.79. The lowest BCUT2D eigenvalue weighted by Crippen LogP contribution is -2.32. The molecule has 160 valence electrons. The van der Waals surface area contributed by atoms with Crippen LogP contribution >= 0.6 is 0 Å². The lowest BCUT2D eigenvalue weighted by atomic mass is 10.1. The molecule has 0 atom stereocenters. The molecule has 2 rings (SSSR count). The van der Waals surface area contributed by atoms with Crippen molar-refractivity contribution in [2.75, 3.05) is 25.1 Å². The second-order valence-corrected chi connectivity index (χ2v) is 5.89. The van der Waals surface area contributed by atoms with Gasteiger partial charge in [0.2, 0.25) is 0 Å². The van der Waals surface area contributed by atoms with Crippen molar-refractivity contribution in [2.24, 2.45) is 0 Å². The van der Waals surface area contributed by atoms with Crippen molar-refractivity contribution in [1.82, 2.24) is 5.32 Å². The van der Waals surface area contributed by atoms with Gasteiger partial charge in [0.05, 0.1) is 17.9 Å². The lowest BCUT2D eigenvalue weighted by Gasteiger charge is -2.13. The highest BCUT2D eigenvalue weighted by atomic mass is 19.4. The number of nitrogens with one attached hydrogen (secondary N) is 2.